The molecule has 1 rings (SSSR count). The molecule has 0 saturated heterocycles. The molecule has 1 unspecified atom stereocenters. The van der Waals surface area contributed by atoms with Crippen LogP contribution >= 0.6 is 0 Å². The number of methoxy groups -OCH3 is 1. The molecule has 1 aromatic heterocycles. The first-order chi connectivity index (χ1) is 7.70. The van der Waals surface area contributed by atoms with Crippen LogP contribution in [0, 0.1) is 5.95 Å². The van der Waals surface area contributed by atoms with Crippen molar-refractivity contribution in [2.45, 2.75) is 38.7 Å². The first kappa shape index (κ1) is 12.9. The van der Waals surface area contributed by atoms with E-state index in [1.807, 2.05) is 0 Å². The van der Waals surface area contributed by atoms with Gasteiger partial charge in [0.15, 0.2) is 0 Å². The maximum atomic E-state index is 13.4. The molecule has 0 aromatic carbocycles. The molecule has 1 N–H and O–H groups in total. The minimum absolute atomic E-state index is 0.168. The Balaban J connectivity index is 2.76. The van der Waals surface area contributed by atoms with Gasteiger partial charge < -0.3 is 9.84 Å². The van der Waals surface area contributed by atoms with Crippen molar-refractivity contribution in [3.05, 3.63) is 23.8 Å². The Morgan fingerprint density at radius 3 is 2.88 bits per heavy atom. The third kappa shape index (κ3) is 3.17. The standard InChI is InChI=1S/C12H18FNO2/c1-3-4-5-6-9(15)11-10(16-2)7-8-14-12(11)13/h7-9,15H,3-6H2,1-2H3. The molecule has 1 aromatic rings. The third-order valence-electron chi connectivity index (χ3n) is 2.54. The lowest BCUT2D eigenvalue weighted by molar-refractivity contribution is 0.153. The molecule has 16 heavy (non-hydrogen) atoms. The van der Waals surface area contributed by atoms with Crippen LogP contribution in [-0.2, 0) is 0 Å². The molecule has 0 spiro atoms. The van der Waals surface area contributed by atoms with Gasteiger partial charge in [0.2, 0.25) is 5.95 Å². The Bertz CT molecular complexity index is 331. The number of nitrogens with zero attached hydrogens (tertiary/aromatic N) is 1. The molecule has 0 aliphatic heterocycles. The molecule has 3 nitrogen and oxygen atoms in total. The number of unbranched alkanes of at least 4 members (excludes halogenated alkanes) is 2. The van der Waals surface area contributed by atoms with E-state index in [2.05, 4.69) is 11.9 Å². The zero-order valence-corrected chi connectivity index (χ0v) is 9.74. The van der Waals surface area contributed by atoms with Gasteiger partial charge in [-0.05, 0) is 12.5 Å². The molecule has 4 heteroatoms. The number of pyridine rings is 1. The topological polar surface area (TPSA) is 42.4 Å². The number of rotatable bonds is 6. The average molecular weight is 227 g/mol. The number of ether oxygens (including phenoxy) is 1. The predicted octanol–water partition coefficient (Wildman–Crippen LogP) is 2.84. The fourth-order valence-corrected chi connectivity index (χ4v) is 1.64. The van der Waals surface area contributed by atoms with Crippen molar-refractivity contribution >= 4 is 0 Å². The highest BCUT2D eigenvalue weighted by Crippen LogP contribution is 2.29. The van der Waals surface area contributed by atoms with Gasteiger partial charge in [0.05, 0.1) is 18.8 Å². The Labute approximate surface area is 95.3 Å². The van der Waals surface area contributed by atoms with Gasteiger partial charge >= 0.3 is 0 Å². The van der Waals surface area contributed by atoms with Gasteiger partial charge in [-0.25, -0.2) is 4.98 Å². The molecular weight excluding hydrogens is 209 g/mol. The van der Waals surface area contributed by atoms with Crippen molar-refractivity contribution in [1.82, 2.24) is 4.98 Å². The van der Waals surface area contributed by atoms with Crippen LogP contribution in [-0.4, -0.2) is 17.2 Å². The van der Waals surface area contributed by atoms with Gasteiger partial charge in [-0.2, -0.15) is 4.39 Å². The highest BCUT2D eigenvalue weighted by atomic mass is 19.1. The monoisotopic (exact) mass is 227 g/mol. The van der Waals surface area contributed by atoms with E-state index >= 15 is 0 Å². The Kier molecular flexibility index (Phi) is 5.19. The average Bonchev–Trinajstić information content (AvgIpc) is 2.28. The summed E-state index contributed by atoms with van der Waals surface area (Å²) >= 11 is 0. The Hall–Kier alpha value is -1.16. The molecule has 0 fully saturated rings. The van der Waals surface area contributed by atoms with E-state index in [4.69, 9.17) is 4.74 Å². The SMILES string of the molecule is CCCCCC(O)c1c(OC)ccnc1F. The van der Waals surface area contributed by atoms with Crippen LogP contribution in [0.1, 0.15) is 44.3 Å². The zero-order valence-electron chi connectivity index (χ0n) is 9.74. The van der Waals surface area contributed by atoms with Crippen molar-refractivity contribution in [3.8, 4) is 5.75 Å². The van der Waals surface area contributed by atoms with Crippen LogP contribution in [0.4, 0.5) is 4.39 Å². The minimum atomic E-state index is -0.838. The van der Waals surface area contributed by atoms with E-state index in [0.717, 1.165) is 19.3 Å². The fourth-order valence-electron chi connectivity index (χ4n) is 1.64. The second kappa shape index (κ2) is 6.43. The summed E-state index contributed by atoms with van der Waals surface area (Å²) in [6.45, 7) is 2.08. The molecule has 0 amide bonds. The van der Waals surface area contributed by atoms with E-state index in [1.165, 1.54) is 13.3 Å². The van der Waals surface area contributed by atoms with Crippen LogP contribution in [0.15, 0.2) is 12.3 Å². The molecule has 0 radical (unpaired) electrons. The summed E-state index contributed by atoms with van der Waals surface area (Å²) in [4.78, 5) is 3.53. The van der Waals surface area contributed by atoms with Gasteiger partial charge in [-0.3, -0.25) is 0 Å². The Morgan fingerprint density at radius 1 is 1.50 bits per heavy atom. The van der Waals surface area contributed by atoms with Gasteiger partial charge in [0.1, 0.15) is 5.75 Å². The highest BCUT2D eigenvalue weighted by Gasteiger charge is 2.18. The number of aromatic nitrogens is 1. The van der Waals surface area contributed by atoms with E-state index in [0.29, 0.717) is 12.2 Å². The van der Waals surface area contributed by atoms with Crippen LogP contribution < -0.4 is 4.74 Å². The summed E-state index contributed by atoms with van der Waals surface area (Å²) in [5.74, 6) is -0.292. The quantitative estimate of drug-likeness (QED) is 0.600. The second-order valence-electron chi connectivity index (χ2n) is 3.73. The maximum absolute atomic E-state index is 13.4. The lowest BCUT2D eigenvalue weighted by atomic mass is 10.0. The van der Waals surface area contributed by atoms with Gasteiger partial charge in [-0.1, -0.05) is 26.2 Å². The van der Waals surface area contributed by atoms with Crippen LogP contribution in [0.3, 0.4) is 0 Å². The predicted molar refractivity (Wildman–Crippen MR) is 59.8 cm³/mol. The Morgan fingerprint density at radius 2 is 2.25 bits per heavy atom. The lowest BCUT2D eigenvalue weighted by Crippen LogP contribution is -2.05. The second-order valence-corrected chi connectivity index (χ2v) is 3.73. The van der Waals surface area contributed by atoms with E-state index in [9.17, 15) is 9.50 Å². The molecule has 1 atom stereocenters. The first-order valence-corrected chi connectivity index (χ1v) is 5.57. The smallest absolute Gasteiger partial charge is 0.222 e. The molecular formula is C12H18FNO2. The lowest BCUT2D eigenvalue weighted by Gasteiger charge is -2.14. The van der Waals surface area contributed by atoms with Crippen molar-refractivity contribution < 1.29 is 14.2 Å². The van der Waals surface area contributed by atoms with Gasteiger partial charge in [0.25, 0.3) is 0 Å². The number of aliphatic hydroxyl groups excluding tert-OH is 1. The molecule has 0 saturated carbocycles. The summed E-state index contributed by atoms with van der Waals surface area (Å²) in [6.07, 6.45) is 3.99. The number of halogens is 1. The van der Waals surface area contributed by atoms with Crippen molar-refractivity contribution in [1.29, 1.82) is 0 Å². The highest BCUT2D eigenvalue weighted by molar-refractivity contribution is 5.32. The molecule has 0 aliphatic carbocycles. The van der Waals surface area contributed by atoms with Crippen LogP contribution in [0.25, 0.3) is 0 Å². The van der Waals surface area contributed by atoms with Crippen molar-refractivity contribution in [2.75, 3.05) is 7.11 Å². The minimum Gasteiger partial charge on any atom is -0.496 e. The third-order valence-corrected chi connectivity index (χ3v) is 2.54. The summed E-state index contributed by atoms with van der Waals surface area (Å²) in [5, 5.41) is 9.88. The van der Waals surface area contributed by atoms with E-state index < -0.39 is 12.1 Å². The number of hydrogen-bond acceptors (Lipinski definition) is 3. The van der Waals surface area contributed by atoms with Gasteiger partial charge in [-0.15, -0.1) is 0 Å². The van der Waals surface area contributed by atoms with Gasteiger partial charge in [0, 0.05) is 6.20 Å². The normalized spacial score (nSPS) is 12.5. The largest absolute Gasteiger partial charge is 0.496 e. The number of aliphatic hydroxyl groups is 1. The van der Waals surface area contributed by atoms with Crippen molar-refractivity contribution in [3.63, 3.8) is 0 Å². The molecule has 90 valence electrons. The summed E-state index contributed by atoms with van der Waals surface area (Å²) < 4.78 is 18.5. The first-order valence-electron chi connectivity index (χ1n) is 5.57. The van der Waals surface area contributed by atoms with E-state index in [1.54, 1.807) is 6.07 Å². The van der Waals surface area contributed by atoms with Crippen LogP contribution in [0.5, 0.6) is 5.75 Å². The van der Waals surface area contributed by atoms with Crippen LogP contribution in [0.2, 0.25) is 0 Å². The molecule has 0 bridgehead atoms. The summed E-state index contributed by atoms with van der Waals surface area (Å²) in [7, 11) is 1.46. The zero-order chi connectivity index (χ0) is 12.0. The van der Waals surface area contributed by atoms with E-state index in [-0.39, 0.29) is 5.56 Å². The fraction of sp³-hybridized carbons (Fsp3) is 0.583. The summed E-state index contributed by atoms with van der Waals surface area (Å²) in [6, 6.07) is 1.56. The number of hydrogen-bond donors (Lipinski definition) is 1. The summed E-state index contributed by atoms with van der Waals surface area (Å²) in [5.41, 5.74) is 0.168. The maximum Gasteiger partial charge on any atom is 0.222 e. The molecule has 1 heterocycles. The molecule has 0 aliphatic rings. The van der Waals surface area contributed by atoms with Crippen molar-refractivity contribution in [2.24, 2.45) is 0 Å².